The molecule has 104 valence electrons. The zero-order valence-electron chi connectivity index (χ0n) is 11.9. The van der Waals surface area contributed by atoms with Gasteiger partial charge in [0.15, 0.2) is 0 Å². The maximum atomic E-state index is 12.4. The van der Waals surface area contributed by atoms with Crippen molar-refractivity contribution < 1.29 is 4.79 Å². The molecule has 18 heavy (non-hydrogen) atoms. The van der Waals surface area contributed by atoms with Gasteiger partial charge >= 0.3 is 0 Å². The van der Waals surface area contributed by atoms with Gasteiger partial charge in [0.1, 0.15) is 0 Å². The highest BCUT2D eigenvalue weighted by Crippen LogP contribution is 2.28. The lowest BCUT2D eigenvalue weighted by atomic mass is 9.82. The minimum Gasteiger partial charge on any atom is -0.352 e. The molecule has 1 aliphatic carbocycles. The number of carbonyl (C=O) groups is 1. The summed E-state index contributed by atoms with van der Waals surface area (Å²) in [4.78, 5) is 12.4. The maximum absolute atomic E-state index is 12.4. The molecule has 2 unspecified atom stereocenters. The molecule has 0 bridgehead atoms. The average molecular weight is 252 g/mol. The third-order valence-electron chi connectivity index (χ3n) is 4.85. The predicted molar refractivity (Wildman–Crippen MR) is 74.4 cm³/mol. The molecule has 0 aromatic heterocycles. The lowest BCUT2D eigenvalue weighted by Crippen LogP contribution is -2.55. The van der Waals surface area contributed by atoms with Gasteiger partial charge in [0.05, 0.1) is 5.54 Å². The Morgan fingerprint density at radius 2 is 2.06 bits per heavy atom. The topological polar surface area (TPSA) is 41.1 Å². The standard InChI is InChI=1S/C15H28N2O/c1-3-13(12-8-5-4-6-9-12)17-14(18)15(2)10-7-11-16-15/h12-13,16H,3-11H2,1-2H3,(H,17,18). The van der Waals surface area contributed by atoms with Crippen LogP contribution < -0.4 is 10.6 Å². The molecule has 0 aromatic carbocycles. The fourth-order valence-electron chi connectivity index (χ4n) is 3.51. The van der Waals surface area contributed by atoms with Gasteiger partial charge < -0.3 is 10.6 Å². The van der Waals surface area contributed by atoms with Crippen molar-refractivity contribution in [2.24, 2.45) is 5.92 Å². The lowest BCUT2D eigenvalue weighted by Gasteiger charge is -2.33. The number of nitrogens with one attached hydrogen (secondary N) is 2. The summed E-state index contributed by atoms with van der Waals surface area (Å²) >= 11 is 0. The lowest BCUT2D eigenvalue weighted by molar-refractivity contribution is -0.127. The van der Waals surface area contributed by atoms with Crippen LogP contribution in [0.2, 0.25) is 0 Å². The Morgan fingerprint density at radius 3 is 2.61 bits per heavy atom. The van der Waals surface area contributed by atoms with Crippen LogP contribution in [0, 0.1) is 5.92 Å². The maximum Gasteiger partial charge on any atom is 0.240 e. The van der Waals surface area contributed by atoms with Crippen molar-refractivity contribution in [3.63, 3.8) is 0 Å². The largest absolute Gasteiger partial charge is 0.352 e. The van der Waals surface area contributed by atoms with E-state index in [-0.39, 0.29) is 11.4 Å². The molecule has 2 N–H and O–H groups in total. The van der Waals surface area contributed by atoms with Gasteiger partial charge in [-0.25, -0.2) is 0 Å². The normalized spacial score (nSPS) is 31.2. The summed E-state index contributed by atoms with van der Waals surface area (Å²) < 4.78 is 0. The first-order valence-corrected chi connectivity index (χ1v) is 7.72. The van der Waals surface area contributed by atoms with Gasteiger partial charge in [-0.1, -0.05) is 26.2 Å². The van der Waals surface area contributed by atoms with Crippen LogP contribution in [0.3, 0.4) is 0 Å². The molecular weight excluding hydrogens is 224 g/mol. The molecule has 2 aliphatic rings. The fourth-order valence-corrected chi connectivity index (χ4v) is 3.51. The van der Waals surface area contributed by atoms with Crippen molar-refractivity contribution in [2.45, 2.75) is 76.8 Å². The second-order valence-corrected chi connectivity index (χ2v) is 6.25. The number of hydrogen-bond acceptors (Lipinski definition) is 2. The van der Waals surface area contributed by atoms with Gasteiger partial charge in [-0.3, -0.25) is 4.79 Å². The van der Waals surface area contributed by atoms with Gasteiger partial charge in [-0.15, -0.1) is 0 Å². The molecule has 1 aliphatic heterocycles. The minimum absolute atomic E-state index is 0.220. The van der Waals surface area contributed by atoms with E-state index in [1.54, 1.807) is 0 Å². The van der Waals surface area contributed by atoms with E-state index < -0.39 is 0 Å². The third kappa shape index (κ3) is 3.05. The van der Waals surface area contributed by atoms with Crippen molar-refractivity contribution >= 4 is 5.91 Å². The van der Waals surface area contributed by atoms with Crippen molar-refractivity contribution in [3.05, 3.63) is 0 Å². The van der Waals surface area contributed by atoms with Crippen LogP contribution >= 0.6 is 0 Å². The van der Waals surface area contributed by atoms with E-state index >= 15 is 0 Å². The van der Waals surface area contributed by atoms with Crippen LogP contribution in [0.4, 0.5) is 0 Å². The Bertz CT molecular complexity index is 278. The van der Waals surface area contributed by atoms with E-state index in [9.17, 15) is 4.79 Å². The van der Waals surface area contributed by atoms with Crippen molar-refractivity contribution in [3.8, 4) is 0 Å². The third-order valence-corrected chi connectivity index (χ3v) is 4.85. The number of hydrogen-bond donors (Lipinski definition) is 2. The SMILES string of the molecule is CCC(NC(=O)C1(C)CCCN1)C1CCCCC1. The van der Waals surface area contributed by atoms with E-state index in [1.807, 2.05) is 6.92 Å². The van der Waals surface area contributed by atoms with Crippen molar-refractivity contribution in [1.29, 1.82) is 0 Å². The highest BCUT2D eigenvalue weighted by molar-refractivity contribution is 5.86. The molecule has 2 atom stereocenters. The molecule has 1 heterocycles. The zero-order valence-corrected chi connectivity index (χ0v) is 11.9. The molecule has 2 fully saturated rings. The van der Waals surface area contributed by atoms with E-state index in [4.69, 9.17) is 0 Å². The number of amides is 1. The Balaban J connectivity index is 1.90. The average Bonchev–Trinajstić information content (AvgIpc) is 2.85. The summed E-state index contributed by atoms with van der Waals surface area (Å²) in [6, 6.07) is 0.386. The molecule has 3 heteroatoms. The molecular formula is C15H28N2O. The number of carbonyl (C=O) groups excluding carboxylic acids is 1. The Labute approximate surface area is 111 Å². The summed E-state index contributed by atoms with van der Waals surface area (Å²) in [6.45, 7) is 5.22. The molecule has 0 radical (unpaired) electrons. The van der Waals surface area contributed by atoms with E-state index in [0.717, 1.165) is 25.8 Å². The second kappa shape index (κ2) is 6.05. The highest BCUT2D eigenvalue weighted by Gasteiger charge is 2.37. The second-order valence-electron chi connectivity index (χ2n) is 6.25. The van der Waals surface area contributed by atoms with Gasteiger partial charge in [0.25, 0.3) is 0 Å². The van der Waals surface area contributed by atoms with Gasteiger partial charge in [0.2, 0.25) is 5.91 Å². The molecule has 1 saturated heterocycles. The van der Waals surface area contributed by atoms with E-state index in [2.05, 4.69) is 17.6 Å². The summed E-state index contributed by atoms with van der Waals surface area (Å²) in [7, 11) is 0. The van der Waals surface area contributed by atoms with E-state index in [1.165, 1.54) is 32.1 Å². The van der Waals surface area contributed by atoms with Crippen LogP contribution in [0.25, 0.3) is 0 Å². The summed E-state index contributed by atoms with van der Waals surface area (Å²) in [5.74, 6) is 0.926. The highest BCUT2D eigenvalue weighted by atomic mass is 16.2. The van der Waals surface area contributed by atoms with E-state index in [0.29, 0.717) is 12.0 Å². The molecule has 0 aromatic rings. The molecule has 1 saturated carbocycles. The number of rotatable bonds is 4. The Hall–Kier alpha value is -0.570. The van der Waals surface area contributed by atoms with Gasteiger partial charge in [-0.05, 0) is 51.5 Å². The van der Waals surface area contributed by atoms with Crippen molar-refractivity contribution in [2.75, 3.05) is 6.54 Å². The van der Waals surface area contributed by atoms with Crippen LogP contribution in [0.15, 0.2) is 0 Å². The summed E-state index contributed by atoms with van der Waals surface area (Å²) in [5, 5.41) is 6.67. The van der Waals surface area contributed by atoms with Crippen LogP contribution in [0.5, 0.6) is 0 Å². The molecule has 1 amide bonds. The first kappa shape index (κ1) is 13.9. The minimum atomic E-state index is -0.317. The smallest absolute Gasteiger partial charge is 0.240 e. The molecule has 2 rings (SSSR count). The van der Waals surface area contributed by atoms with Gasteiger partial charge in [-0.2, -0.15) is 0 Å². The van der Waals surface area contributed by atoms with Crippen LogP contribution in [-0.4, -0.2) is 24.0 Å². The van der Waals surface area contributed by atoms with Crippen LogP contribution in [-0.2, 0) is 4.79 Å². The monoisotopic (exact) mass is 252 g/mol. The molecule has 3 nitrogen and oxygen atoms in total. The Kier molecular flexibility index (Phi) is 4.66. The van der Waals surface area contributed by atoms with Crippen molar-refractivity contribution in [1.82, 2.24) is 10.6 Å². The zero-order chi connectivity index (χ0) is 13.0. The Morgan fingerprint density at radius 1 is 1.33 bits per heavy atom. The first-order chi connectivity index (χ1) is 8.65. The molecule has 0 spiro atoms. The quantitative estimate of drug-likeness (QED) is 0.807. The van der Waals surface area contributed by atoms with Crippen LogP contribution in [0.1, 0.15) is 65.2 Å². The fraction of sp³-hybridized carbons (Fsp3) is 0.933. The predicted octanol–water partition coefficient (Wildman–Crippen LogP) is 2.60. The summed E-state index contributed by atoms with van der Waals surface area (Å²) in [6.07, 6.45) is 9.79. The van der Waals surface area contributed by atoms with Gasteiger partial charge in [0, 0.05) is 6.04 Å². The summed E-state index contributed by atoms with van der Waals surface area (Å²) in [5.41, 5.74) is -0.317. The first-order valence-electron chi connectivity index (χ1n) is 7.72.